The maximum atomic E-state index is 13.8. The molecule has 9 heteroatoms. The lowest BCUT2D eigenvalue weighted by molar-refractivity contribution is -0.174. The number of aliphatic hydroxyl groups is 1. The smallest absolute Gasteiger partial charge is 0.334 e. The molecule has 0 radical (unpaired) electrons. The summed E-state index contributed by atoms with van der Waals surface area (Å²) in [4.78, 5) is 52.5. The van der Waals surface area contributed by atoms with E-state index >= 15 is 0 Å². The highest BCUT2D eigenvalue weighted by Crippen LogP contribution is 2.32. The van der Waals surface area contributed by atoms with Crippen molar-refractivity contribution in [2.75, 3.05) is 0 Å². The molecule has 3 atom stereocenters. The molecule has 2 aromatic carbocycles. The van der Waals surface area contributed by atoms with E-state index in [1.54, 1.807) is 67.6 Å². The zero-order chi connectivity index (χ0) is 25.7. The number of aliphatic carboxylic acids is 1. The van der Waals surface area contributed by atoms with E-state index in [2.05, 4.69) is 0 Å². The largest absolute Gasteiger partial charge is 0.479 e. The van der Waals surface area contributed by atoms with Crippen molar-refractivity contribution in [1.29, 1.82) is 0 Å². The van der Waals surface area contributed by atoms with Crippen LogP contribution >= 0.6 is 0 Å². The molecule has 0 fully saturated rings. The highest BCUT2D eigenvalue weighted by molar-refractivity contribution is 5.98. The highest BCUT2D eigenvalue weighted by Gasteiger charge is 2.45. The van der Waals surface area contributed by atoms with Gasteiger partial charge in [0.05, 0.1) is 11.7 Å². The van der Waals surface area contributed by atoms with E-state index in [4.69, 9.17) is 0 Å². The maximum Gasteiger partial charge on any atom is 0.334 e. The van der Waals surface area contributed by atoms with E-state index in [0.717, 1.165) is 10.0 Å². The number of hydrazine groups is 1. The standard InChI is InChI=1S/C26H29N3O6/c1-4-21-25(33)29(23(16-27(21)17(2)30)20-13-9-6-10-14-20)28(18(3)31)22(24(32)26(34)35)15-19-11-7-5-8-12-19/h5-14,16,21-22,24,32H,4,15H2,1-3H3,(H,34,35)/t21?,22-,24?/m0/s1. The first-order chi connectivity index (χ1) is 16.7. The molecule has 2 N–H and O–H groups in total. The molecule has 35 heavy (non-hydrogen) atoms. The first-order valence-corrected chi connectivity index (χ1v) is 11.3. The number of hydrogen-bond acceptors (Lipinski definition) is 5. The number of benzene rings is 2. The second kappa shape index (κ2) is 11.0. The maximum absolute atomic E-state index is 13.8. The summed E-state index contributed by atoms with van der Waals surface area (Å²) in [5.41, 5.74) is 1.44. The Hall–Kier alpha value is -3.98. The number of carbonyl (C=O) groups excluding carboxylic acids is 3. The second-order valence-corrected chi connectivity index (χ2v) is 8.28. The van der Waals surface area contributed by atoms with Gasteiger partial charge >= 0.3 is 5.97 Å². The van der Waals surface area contributed by atoms with Gasteiger partial charge in [-0.05, 0) is 18.4 Å². The van der Waals surface area contributed by atoms with Gasteiger partial charge in [0.2, 0.25) is 11.8 Å². The minimum absolute atomic E-state index is 0.0209. The molecule has 3 rings (SSSR count). The van der Waals surface area contributed by atoms with Gasteiger partial charge in [-0.2, -0.15) is 0 Å². The average molecular weight is 480 g/mol. The molecule has 1 heterocycles. The topological polar surface area (TPSA) is 118 Å². The Morgan fingerprint density at radius 2 is 1.57 bits per heavy atom. The lowest BCUT2D eigenvalue weighted by atomic mass is 9.99. The number of hydrogen-bond donors (Lipinski definition) is 2. The number of amides is 3. The van der Waals surface area contributed by atoms with Gasteiger partial charge < -0.3 is 15.1 Å². The van der Waals surface area contributed by atoms with Gasteiger partial charge in [-0.15, -0.1) is 0 Å². The zero-order valence-electron chi connectivity index (χ0n) is 19.9. The van der Waals surface area contributed by atoms with Crippen LogP contribution in [0.25, 0.3) is 5.70 Å². The van der Waals surface area contributed by atoms with Gasteiger partial charge in [0.15, 0.2) is 6.10 Å². The van der Waals surface area contributed by atoms with Crippen molar-refractivity contribution in [3.05, 3.63) is 78.0 Å². The minimum atomic E-state index is -1.98. The average Bonchev–Trinajstić information content (AvgIpc) is 2.84. The van der Waals surface area contributed by atoms with E-state index in [-0.39, 0.29) is 24.4 Å². The number of carboxylic acids is 1. The summed E-state index contributed by atoms with van der Waals surface area (Å²) in [6, 6.07) is 15.3. The Morgan fingerprint density at radius 3 is 2.06 bits per heavy atom. The van der Waals surface area contributed by atoms with E-state index < -0.39 is 36.0 Å². The molecule has 0 saturated carbocycles. The number of carboxylic acid groups (broad SMARTS) is 1. The second-order valence-electron chi connectivity index (χ2n) is 8.28. The van der Waals surface area contributed by atoms with Gasteiger partial charge in [0.25, 0.3) is 5.91 Å². The van der Waals surface area contributed by atoms with Crippen LogP contribution in [-0.2, 0) is 25.6 Å². The van der Waals surface area contributed by atoms with E-state index in [0.29, 0.717) is 11.1 Å². The van der Waals surface area contributed by atoms with Crippen molar-refractivity contribution < 1.29 is 29.4 Å². The van der Waals surface area contributed by atoms with Crippen LogP contribution in [0.3, 0.4) is 0 Å². The molecule has 0 spiro atoms. The molecule has 2 unspecified atom stereocenters. The summed E-state index contributed by atoms with van der Waals surface area (Å²) in [5.74, 6) is -3.08. The molecule has 1 aliphatic heterocycles. The number of aliphatic hydroxyl groups excluding tert-OH is 1. The Balaban J connectivity index is 2.22. The van der Waals surface area contributed by atoms with E-state index in [9.17, 15) is 29.4 Å². The number of carbonyl (C=O) groups is 4. The van der Waals surface area contributed by atoms with Crippen molar-refractivity contribution in [1.82, 2.24) is 14.9 Å². The van der Waals surface area contributed by atoms with Crippen molar-refractivity contribution in [2.45, 2.75) is 51.8 Å². The molecule has 3 amide bonds. The van der Waals surface area contributed by atoms with Crippen molar-refractivity contribution >= 4 is 29.4 Å². The fourth-order valence-corrected chi connectivity index (χ4v) is 4.24. The lowest BCUT2D eigenvalue weighted by Crippen LogP contribution is -2.63. The monoisotopic (exact) mass is 479 g/mol. The molecular formula is C26H29N3O6. The normalized spacial score (nSPS) is 17.4. The summed E-state index contributed by atoms with van der Waals surface area (Å²) in [6.45, 7) is 4.30. The third-order valence-electron chi connectivity index (χ3n) is 5.90. The van der Waals surface area contributed by atoms with Crippen LogP contribution in [0.5, 0.6) is 0 Å². The Kier molecular flexibility index (Phi) is 8.03. The van der Waals surface area contributed by atoms with Crippen molar-refractivity contribution in [3.8, 4) is 0 Å². The zero-order valence-corrected chi connectivity index (χ0v) is 19.9. The lowest BCUT2D eigenvalue weighted by Gasteiger charge is -2.46. The van der Waals surface area contributed by atoms with Crippen LogP contribution in [0, 0.1) is 0 Å². The molecular weight excluding hydrogens is 450 g/mol. The molecule has 1 aliphatic rings. The van der Waals surface area contributed by atoms with Gasteiger partial charge in [-0.3, -0.25) is 14.4 Å². The van der Waals surface area contributed by atoms with Crippen molar-refractivity contribution in [2.24, 2.45) is 0 Å². The third-order valence-corrected chi connectivity index (χ3v) is 5.90. The van der Waals surface area contributed by atoms with Crippen molar-refractivity contribution in [3.63, 3.8) is 0 Å². The third kappa shape index (κ3) is 5.41. The molecule has 0 aromatic heterocycles. The summed E-state index contributed by atoms with van der Waals surface area (Å²) in [7, 11) is 0. The summed E-state index contributed by atoms with van der Waals surface area (Å²) >= 11 is 0. The number of nitrogens with zero attached hydrogens (tertiary/aromatic N) is 3. The van der Waals surface area contributed by atoms with Gasteiger partial charge in [0, 0.05) is 25.6 Å². The fraction of sp³-hybridized carbons (Fsp3) is 0.308. The van der Waals surface area contributed by atoms with Crippen LogP contribution in [-0.4, -0.2) is 67.0 Å². The van der Waals surface area contributed by atoms with Crippen LogP contribution in [0.15, 0.2) is 66.9 Å². The van der Waals surface area contributed by atoms with Crippen LogP contribution in [0.2, 0.25) is 0 Å². The highest BCUT2D eigenvalue weighted by atomic mass is 16.4. The first-order valence-electron chi connectivity index (χ1n) is 11.3. The Labute approximate surface area is 203 Å². The summed E-state index contributed by atoms with van der Waals surface area (Å²) in [6.07, 6.45) is -0.234. The molecule has 0 bridgehead atoms. The van der Waals surface area contributed by atoms with Crippen LogP contribution in [0.1, 0.15) is 38.3 Å². The molecule has 9 nitrogen and oxygen atoms in total. The summed E-state index contributed by atoms with van der Waals surface area (Å²) < 4.78 is 0. The Morgan fingerprint density at radius 1 is 1.00 bits per heavy atom. The van der Waals surface area contributed by atoms with Gasteiger partial charge in [-0.25, -0.2) is 14.8 Å². The van der Waals surface area contributed by atoms with Crippen LogP contribution < -0.4 is 0 Å². The Bertz CT molecular complexity index is 1120. The predicted octanol–water partition coefficient (Wildman–Crippen LogP) is 2.27. The SMILES string of the molecule is CCC1C(=O)N(N(C(C)=O)[C@@H](Cc2ccccc2)C(O)C(=O)O)C(c2ccccc2)=CN1C(C)=O. The van der Waals surface area contributed by atoms with E-state index in [1.807, 2.05) is 0 Å². The van der Waals surface area contributed by atoms with E-state index in [1.165, 1.54) is 24.9 Å². The van der Waals surface area contributed by atoms with Gasteiger partial charge in [0.1, 0.15) is 6.04 Å². The van der Waals surface area contributed by atoms with Crippen LogP contribution in [0.4, 0.5) is 0 Å². The molecule has 0 saturated heterocycles. The number of rotatable bonds is 8. The fourth-order valence-electron chi connectivity index (χ4n) is 4.24. The van der Waals surface area contributed by atoms with Gasteiger partial charge in [-0.1, -0.05) is 67.6 Å². The molecule has 184 valence electrons. The summed E-state index contributed by atoms with van der Waals surface area (Å²) in [5, 5.41) is 22.5. The minimum Gasteiger partial charge on any atom is -0.479 e. The first kappa shape index (κ1) is 25.6. The quantitative estimate of drug-likeness (QED) is 0.600. The molecule has 2 aromatic rings. The molecule has 0 aliphatic carbocycles. The predicted molar refractivity (Wildman–Crippen MR) is 128 cm³/mol.